The van der Waals surface area contributed by atoms with E-state index in [1.807, 2.05) is 11.3 Å². The minimum atomic E-state index is 0.787. The molecule has 0 aromatic carbocycles. The number of nitrogens with one attached hydrogen (secondary N) is 1. The molecule has 0 saturated carbocycles. The van der Waals surface area contributed by atoms with E-state index < -0.39 is 0 Å². The number of nitrogens with zero attached hydrogens (tertiary/aromatic N) is 1. The molecule has 2 atom stereocenters. The molecule has 2 aliphatic rings. The van der Waals surface area contributed by atoms with Gasteiger partial charge in [-0.2, -0.15) is 0 Å². The van der Waals surface area contributed by atoms with Crippen LogP contribution in [0.4, 0.5) is 0 Å². The molecule has 2 nitrogen and oxygen atoms in total. The van der Waals surface area contributed by atoms with Crippen LogP contribution in [0.3, 0.4) is 0 Å². The smallest absolute Gasteiger partial charge is 0.0331 e. The fraction of sp³-hybridized carbons (Fsp3) is 0.750. The molecule has 112 valence electrons. The Bertz CT molecular complexity index is 428. The minimum Gasteiger partial charge on any atom is -0.311 e. The molecule has 0 spiro atoms. The first kappa shape index (κ1) is 15.0. The Labute approximate surface area is 135 Å². The molecule has 4 heteroatoms. The van der Waals surface area contributed by atoms with Crippen LogP contribution in [0.1, 0.15) is 48.8 Å². The molecule has 0 aliphatic carbocycles. The first-order valence-electron chi connectivity index (χ1n) is 7.90. The van der Waals surface area contributed by atoms with Crippen molar-refractivity contribution in [2.24, 2.45) is 0 Å². The van der Waals surface area contributed by atoms with Crippen molar-refractivity contribution < 1.29 is 0 Å². The Kier molecular flexibility index (Phi) is 4.86. The SMILES string of the molecule is CCCN(Cc1cc(Br)c(C)s1)C1CC2CCC(C1)N2. The van der Waals surface area contributed by atoms with Crippen LogP contribution in [0.15, 0.2) is 10.5 Å². The maximum absolute atomic E-state index is 3.76. The zero-order chi connectivity index (χ0) is 14.1. The van der Waals surface area contributed by atoms with Gasteiger partial charge in [-0.05, 0) is 67.6 Å². The predicted octanol–water partition coefficient (Wildman–Crippen LogP) is 4.31. The van der Waals surface area contributed by atoms with Gasteiger partial charge in [0.05, 0.1) is 0 Å². The average molecular weight is 357 g/mol. The van der Waals surface area contributed by atoms with Gasteiger partial charge in [0.2, 0.25) is 0 Å². The maximum Gasteiger partial charge on any atom is 0.0331 e. The fourth-order valence-corrected chi connectivity index (χ4v) is 5.43. The van der Waals surface area contributed by atoms with Crippen LogP contribution >= 0.6 is 27.3 Å². The summed E-state index contributed by atoms with van der Waals surface area (Å²) in [7, 11) is 0. The van der Waals surface area contributed by atoms with Gasteiger partial charge in [0, 0.05) is 38.9 Å². The molecule has 0 radical (unpaired) electrons. The Morgan fingerprint density at radius 2 is 2.05 bits per heavy atom. The van der Waals surface area contributed by atoms with Crippen molar-refractivity contribution in [3.05, 3.63) is 20.3 Å². The molecular formula is C16H25BrN2S. The van der Waals surface area contributed by atoms with Crippen molar-refractivity contribution in [3.8, 4) is 0 Å². The van der Waals surface area contributed by atoms with E-state index in [0.29, 0.717) is 0 Å². The van der Waals surface area contributed by atoms with E-state index in [1.54, 1.807) is 0 Å². The second kappa shape index (κ2) is 6.47. The Morgan fingerprint density at radius 1 is 1.35 bits per heavy atom. The van der Waals surface area contributed by atoms with Crippen LogP contribution in [0.2, 0.25) is 0 Å². The summed E-state index contributed by atoms with van der Waals surface area (Å²) in [6, 6.07) is 4.68. The third-order valence-electron chi connectivity index (χ3n) is 4.74. The van der Waals surface area contributed by atoms with Crippen LogP contribution < -0.4 is 5.32 Å². The van der Waals surface area contributed by atoms with Gasteiger partial charge >= 0.3 is 0 Å². The van der Waals surface area contributed by atoms with Crippen molar-refractivity contribution in [3.63, 3.8) is 0 Å². The predicted molar refractivity (Wildman–Crippen MR) is 90.4 cm³/mol. The third kappa shape index (κ3) is 3.29. The van der Waals surface area contributed by atoms with Crippen LogP contribution in [0, 0.1) is 6.92 Å². The number of fused-ring (bicyclic) bond motifs is 2. The molecule has 2 aliphatic heterocycles. The van der Waals surface area contributed by atoms with Gasteiger partial charge in [-0.25, -0.2) is 0 Å². The van der Waals surface area contributed by atoms with Crippen LogP contribution in [-0.4, -0.2) is 29.6 Å². The molecule has 3 heterocycles. The third-order valence-corrected chi connectivity index (χ3v) is 6.86. The molecule has 0 amide bonds. The highest BCUT2D eigenvalue weighted by molar-refractivity contribution is 9.10. The lowest BCUT2D eigenvalue weighted by molar-refractivity contribution is 0.135. The highest BCUT2D eigenvalue weighted by Crippen LogP contribution is 2.32. The summed E-state index contributed by atoms with van der Waals surface area (Å²) in [6.07, 6.45) is 6.74. The number of aryl methyl sites for hydroxylation is 1. The normalized spacial score (nSPS) is 29.3. The summed E-state index contributed by atoms with van der Waals surface area (Å²) in [5.41, 5.74) is 0. The Hall–Kier alpha value is 0.1000. The highest BCUT2D eigenvalue weighted by atomic mass is 79.9. The number of hydrogen-bond donors (Lipinski definition) is 1. The van der Waals surface area contributed by atoms with Crippen LogP contribution in [-0.2, 0) is 6.54 Å². The van der Waals surface area contributed by atoms with Gasteiger partial charge in [0.1, 0.15) is 0 Å². The zero-order valence-corrected chi connectivity index (χ0v) is 14.9. The van der Waals surface area contributed by atoms with E-state index in [1.165, 1.54) is 52.9 Å². The van der Waals surface area contributed by atoms with E-state index in [0.717, 1.165) is 24.7 Å². The fourth-order valence-electron chi connectivity index (χ4n) is 3.80. The Balaban J connectivity index is 1.68. The minimum absolute atomic E-state index is 0.787. The van der Waals surface area contributed by atoms with Gasteiger partial charge in [0.25, 0.3) is 0 Å². The molecule has 1 aromatic heterocycles. The number of thiophene rings is 1. The number of rotatable bonds is 5. The van der Waals surface area contributed by atoms with Crippen molar-refractivity contribution in [1.29, 1.82) is 0 Å². The summed E-state index contributed by atoms with van der Waals surface area (Å²) in [4.78, 5) is 5.65. The molecule has 20 heavy (non-hydrogen) atoms. The molecule has 1 aromatic rings. The second-order valence-electron chi connectivity index (χ2n) is 6.35. The maximum atomic E-state index is 3.76. The molecule has 2 bridgehead atoms. The van der Waals surface area contributed by atoms with E-state index in [9.17, 15) is 0 Å². The lowest BCUT2D eigenvalue weighted by Crippen LogP contribution is -2.48. The molecule has 1 N–H and O–H groups in total. The molecule has 3 rings (SSSR count). The largest absolute Gasteiger partial charge is 0.311 e. The van der Waals surface area contributed by atoms with E-state index in [2.05, 4.69) is 46.1 Å². The first-order chi connectivity index (χ1) is 9.65. The summed E-state index contributed by atoms with van der Waals surface area (Å²) in [5.74, 6) is 0. The van der Waals surface area contributed by atoms with Crippen LogP contribution in [0.5, 0.6) is 0 Å². The standard InChI is InChI=1S/C16H25BrN2S/c1-3-6-19(10-15-9-16(17)11(2)20-15)14-7-12-4-5-13(8-14)18-12/h9,12-14,18H,3-8,10H2,1-2H3. The van der Waals surface area contributed by atoms with Gasteiger partial charge in [0.15, 0.2) is 0 Å². The number of piperidine rings is 1. The average Bonchev–Trinajstić information content (AvgIpc) is 2.92. The lowest BCUT2D eigenvalue weighted by atomic mass is 9.98. The van der Waals surface area contributed by atoms with E-state index in [-0.39, 0.29) is 0 Å². The first-order valence-corrected chi connectivity index (χ1v) is 9.51. The van der Waals surface area contributed by atoms with Crippen molar-refractivity contribution >= 4 is 27.3 Å². The quantitative estimate of drug-likeness (QED) is 0.845. The highest BCUT2D eigenvalue weighted by Gasteiger charge is 2.35. The monoisotopic (exact) mass is 356 g/mol. The lowest BCUT2D eigenvalue weighted by Gasteiger charge is -2.37. The Morgan fingerprint density at radius 3 is 2.60 bits per heavy atom. The van der Waals surface area contributed by atoms with Crippen molar-refractivity contribution in [2.45, 2.75) is 70.6 Å². The van der Waals surface area contributed by atoms with Crippen LogP contribution in [0.25, 0.3) is 0 Å². The van der Waals surface area contributed by atoms with E-state index in [4.69, 9.17) is 0 Å². The topological polar surface area (TPSA) is 15.3 Å². The molecular weight excluding hydrogens is 332 g/mol. The van der Waals surface area contributed by atoms with Gasteiger partial charge in [-0.15, -0.1) is 11.3 Å². The summed E-state index contributed by atoms with van der Waals surface area (Å²) in [5, 5.41) is 3.76. The van der Waals surface area contributed by atoms with Gasteiger partial charge in [-0.1, -0.05) is 6.92 Å². The van der Waals surface area contributed by atoms with Gasteiger partial charge < -0.3 is 5.32 Å². The van der Waals surface area contributed by atoms with Crippen molar-refractivity contribution in [2.75, 3.05) is 6.54 Å². The molecule has 2 fully saturated rings. The zero-order valence-electron chi connectivity index (χ0n) is 12.5. The number of hydrogen-bond acceptors (Lipinski definition) is 3. The summed E-state index contributed by atoms with van der Waals surface area (Å²) in [6.45, 7) is 6.87. The van der Waals surface area contributed by atoms with E-state index >= 15 is 0 Å². The molecule has 2 saturated heterocycles. The van der Waals surface area contributed by atoms with Crippen molar-refractivity contribution in [1.82, 2.24) is 10.2 Å². The number of halogens is 1. The summed E-state index contributed by atoms with van der Waals surface area (Å²) < 4.78 is 1.28. The molecule has 2 unspecified atom stereocenters. The van der Waals surface area contributed by atoms with Gasteiger partial charge in [-0.3, -0.25) is 4.90 Å². The second-order valence-corrected chi connectivity index (χ2v) is 8.55. The summed E-state index contributed by atoms with van der Waals surface area (Å²) >= 11 is 5.60.